The SMILES string of the molecule is CC(C)(C)OC(=O)CCC(C)(c1ccc(OCC(=O)OC(C)(C)C)cc1)c1ccc(OCC(=O)OC(C)(C)C)cc1. The fourth-order valence-electron chi connectivity index (χ4n) is 4.06. The first-order valence-corrected chi connectivity index (χ1v) is 13.9. The van der Waals surface area contributed by atoms with Crippen LogP contribution in [0.2, 0.25) is 0 Å². The van der Waals surface area contributed by atoms with E-state index in [0.29, 0.717) is 17.9 Å². The number of esters is 3. The summed E-state index contributed by atoms with van der Waals surface area (Å²) in [6, 6.07) is 14.9. The third kappa shape index (κ3) is 12.2. The first-order valence-electron chi connectivity index (χ1n) is 13.9. The fraction of sp³-hybridized carbons (Fsp3) is 0.545. The highest BCUT2D eigenvalue weighted by Crippen LogP contribution is 2.38. The van der Waals surface area contributed by atoms with Gasteiger partial charge in [0.1, 0.15) is 28.3 Å². The Morgan fingerprint density at radius 2 is 0.829 bits per heavy atom. The van der Waals surface area contributed by atoms with Crippen molar-refractivity contribution in [1.29, 1.82) is 0 Å². The van der Waals surface area contributed by atoms with Crippen LogP contribution in [-0.2, 0) is 34.0 Å². The number of hydrogen-bond donors (Lipinski definition) is 0. The van der Waals surface area contributed by atoms with Crippen LogP contribution in [-0.4, -0.2) is 47.9 Å². The van der Waals surface area contributed by atoms with Crippen LogP contribution in [0.1, 0.15) is 93.2 Å². The van der Waals surface area contributed by atoms with E-state index in [9.17, 15) is 14.4 Å². The Morgan fingerprint density at radius 1 is 0.512 bits per heavy atom. The Kier molecular flexibility index (Phi) is 11.0. The average Bonchev–Trinajstić information content (AvgIpc) is 2.82. The number of ether oxygens (including phenoxy) is 5. The van der Waals surface area contributed by atoms with Gasteiger partial charge < -0.3 is 23.7 Å². The van der Waals surface area contributed by atoms with Crippen LogP contribution in [0.3, 0.4) is 0 Å². The molecular weight excluding hydrogens is 524 g/mol. The van der Waals surface area contributed by atoms with Crippen LogP contribution in [0, 0.1) is 0 Å². The van der Waals surface area contributed by atoms with E-state index in [1.165, 1.54) is 0 Å². The molecule has 0 aliphatic carbocycles. The van der Waals surface area contributed by atoms with Gasteiger partial charge in [-0.3, -0.25) is 4.79 Å². The molecule has 0 atom stereocenters. The zero-order chi connectivity index (χ0) is 31.1. The number of carbonyl (C=O) groups excluding carboxylic acids is 3. The first kappa shape index (κ1) is 33.7. The second kappa shape index (κ2) is 13.4. The summed E-state index contributed by atoms with van der Waals surface area (Å²) in [5.74, 6) is -0.117. The minimum absolute atomic E-state index is 0.197. The number of carbonyl (C=O) groups is 3. The van der Waals surface area contributed by atoms with E-state index >= 15 is 0 Å². The number of rotatable bonds is 11. The van der Waals surface area contributed by atoms with E-state index < -0.39 is 34.2 Å². The maximum atomic E-state index is 12.6. The minimum atomic E-state index is -0.587. The Labute approximate surface area is 244 Å². The fourth-order valence-corrected chi connectivity index (χ4v) is 4.06. The monoisotopic (exact) mass is 570 g/mol. The van der Waals surface area contributed by atoms with E-state index in [1.54, 1.807) is 65.8 Å². The van der Waals surface area contributed by atoms with Crippen molar-refractivity contribution < 1.29 is 38.1 Å². The van der Waals surface area contributed by atoms with Crippen molar-refractivity contribution in [3.63, 3.8) is 0 Å². The van der Waals surface area contributed by atoms with Crippen LogP contribution < -0.4 is 9.47 Å². The molecule has 0 spiro atoms. The second-order valence-electron chi connectivity index (χ2n) is 13.2. The zero-order valence-electron chi connectivity index (χ0n) is 26.2. The van der Waals surface area contributed by atoms with Gasteiger partial charge in [0.2, 0.25) is 0 Å². The second-order valence-corrected chi connectivity index (χ2v) is 13.2. The average molecular weight is 571 g/mol. The molecule has 0 saturated heterocycles. The molecule has 226 valence electrons. The van der Waals surface area contributed by atoms with Crippen molar-refractivity contribution in [1.82, 2.24) is 0 Å². The lowest BCUT2D eigenvalue weighted by Gasteiger charge is -2.32. The van der Waals surface area contributed by atoms with Crippen molar-refractivity contribution in [2.45, 2.75) is 104 Å². The van der Waals surface area contributed by atoms with Gasteiger partial charge in [0.05, 0.1) is 0 Å². The van der Waals surface area contributed by atoms with E-state index in [2.05, 4.69) is 6.92 Å². The van der Waals surface area contributed by atoms with Crippen LogP contribution in [0.5, 0.6) is 11.5 Å². The number of hydrogen-bond acceptors (Lipinski definition) is 8. The third-order valence-electron chi connectivity index (χ3n) is 5.79. The molecule has 41 heavy (non-hydrogen) atoms. The molecule has 0 aromatic heterocycles. The van der Waals surface area contributed by atoms with Gasteiger partial charge in [-0.15, -0.1) is 0 Å². The van der Waals surface area contributed by atoms with E-state index in [1.807, 2.05) is 45.0 Å². The normalized spacial score (nSPS) is 12.3. The molecule has 0 bridgehead atoms. The highest BCUT2D eigenvalue weighted by atomic mass is 16.6. The topological polar surface area (TPSA) is 97.4 Å². The van der Waals surface area contributed by atoms with Crippen molar-refractivity contribution in [3.05, 3.63) is 59.7 Å². The summed E-state index contributed by atoms with van der Waals surface area (Å²) in [7, 11) is 0. The first-order chi connectivity index (χ1) is 18.8. The predicted molar refractivity (Wildman–Crippen MR) is 157 cm³/mol. The lowest BCUT2D eigenvalue weighted by atomic mass is 9.73. The summed E-state index contributed by atoms with van der Waals surface area (Å²) in [5, 5.41) is 0. The van der Waals surface area contributed by atoms with Gasteiger partial charge in [-0.25, -0.2) is 9.59 Å². The molecule has 2 aromatic rings. The molecule has 0 N–H and O–H groups in total. The van der Waals surface area contributed by atoms with E-state index in [0.717, 1.165) is 11.1 Å². The number of benzene rings is 2. The highest BCUT2D eigenvalue weighted by molar-refractivity contribution is 5.72. The van der Waals surface area contributed by atoms with E-state index in [4.69, 9.17) is 23.7 Å². The molecule has 0 aliphatic heterocycles. The summed E-state index contributed by atoms with van der Waals surface area (Å²) in [4.78, 5) is 36.7. The van der Waals surface area contributed by atoms with E-state index in [-0.39, 0.29) is 25.6 Å². The predicted octanol–water partition coefficient (Wildman–Crippen LogP) is 6.56. The summed E-state index contributed by atoms with van der Waals surface area (Å²) < 4.78 is 27.4. The molecule has 8 nitrogen and oxygen atoms in total. The Hall–Kier alpha value is -3.55. The summed E-state index contributed by atoms with van der Waals surface area (Å²) in [6.07, 6.45) is 0.694. The molecule has 0 fully saturated rings. The van der Waals surface area contributed by atoms with Gasteiger partial charge >= 0.3 is 17.9 Å². The zero-order valence-corrected chi connectivity index (χ0v) is 26.2. The molecule has 0 radical (unpaired) electrons. The smallest absolute Gasteiger partial charge is 0.344 e. The highest BCUT2D eigenvalue weighted by Gasteiger charge is 2.31. The molecule has 8 heteroatoms. The molecule has 2 aromatic carbocycles. The summed E-state index contributed by atoms with van der Waals surface area (Å²) >= 11 is 0. The third-order valence-corrected chi connectivity index (χ3v) is 5.79. The molecule has 0 unspecified atom stereocenters. The summed E-state index contributed by atoms with van der Waals surface area (Å²) in [5.41, 5.74) is -0.410. The van der Waals surface area contributed by atoms with Gasteiger partial charge in [0, 0.05) is 11.8 Å². The van der Waals surface area contributed by atoms with Gasteiger partial charge in [-0.1, -0.05) is 31.2 Å². The van der Waals surface area contributed by atoms with Gasteiger partial charge in [-0.05, 0) is 104 Å². The van der Waals surface area contributed by atoms with Crippen molar-refractivity contribution in [2.24, 2.45) is 0 Å². The van der Waals surface area contributed by atoms with Crippen molar-refractivity contribution in [2.75, 3.05) is 13.2 Å². The van der Waals surface area contributed by atoms with Gasteiger partial charge in [0.15, 0.2) is 13.2 Å². The molecule has 0 saturated carbocycles. The lowest BCUT2D eigenvalue weighted by Crippen LogP contribution is -2.28. The largest absolute Gasteiger partial charge is 0.482 e. The van der Waals surface area contributed by atoms with Crippen LogP contribution in [0.25, 0.3) is 0 Å². The Morgan fingerprint density at radius 3 is 1.15 bits per heavy atom. The maximum Gasteiger partial charge on any atom is 0.344 e. The van der Waals surface area contributed by atoms with Gasteiger partial charge in [0.25, 0.3) is 0 Å². The quantitative estimate of drug-likeness (QED) is 0.221. The Balaban J connectivity index is 2.23. The van der Waals surface area contributed by atoms with Gasteiger partial charge in [-0.2, -0.15) is 0 Å². The lowest BCUT2D eigenvalue weighted by molar-refractivity contribution is -0.158. The molecular formula is C33H46O8. The molecule has 0 amide bonds. The standard InChI is InChI=1S/C33H46O8/c1-30(2,3)39-27(34)19-20-33(10,23-11-15-25(16-12-23)37-21-28(35)40-31(4,5)6)24-13-17-26(18-14-24)38-22-29(36)41-32(7,8)9/h11-18H,19-22H2,1-10H3. The van der Waals surface area contributed by atoms with Crippen LogP contribution in [0.15, 0.2) is 48.5 Å². The molecule has 0 aliphatic rings. The van der Waals surface area contributed by atoms with Crippen LogP contribution >= 0.6 is 0 Å². The summed E-state index contributed by atoms with van der Waals surface area (Å²) in [6.45, 7) is 18.0. The molecule has 2 rings (SSSR count). The molecule has 0 heterocycles. The minimum Gasteiger partial charge on any atom is -0.482 e. The van der Waals surface area contributed by atoms with Crippen molar-refractivity contribution >= 4 is 17.9 Å². The maximum absolute atomic E-state index is 12.6. The van der Waals surface area contributed by atoms with Crippen LogP contribution in [0.4, 0.5) is 0 Å². The Bertz CT molecular complexity index is 1080. The van der Waals surface area contributed by atoms with Crippen molar-refractivity contribution in [3.8, 4) is 11.5 Å².